The van der Waals surface area contributed by atoms with Crippen LogP contribution in [0.25, 0.3) is 0 Å². The number of carbonyl (C=O) groups excluding carboxylic acids is 1. The molecule has 0 aliphatic rings. The summed E-state index contributed by atoms with van der Waals surface area (Å²) in [5, 5.41) is 0.285. The second kappa shape index (κ2) is 7.24. The molecule has 4 nitrogen and oxygen atoms in total. The quantitative estimate of drug-likeness (QED) is 0.751. The fraction of sp³-hybridized carbons (Fsp3) is 0.500. The minimum atomic E-state index is -0.424. The Hall–Kier alpha value is -1.42. The van der Waals surface area contributed by atoms with E-state index in [-0.39, 0.29) is 5.02 Å². The van der Waals surface area contributed by atoms with Crippen LogP contribution in [0.1, 0.15) is 36.2 Å². The molecule has 1 aromatic carbocycles. The zero-order valence-corrected chi connectivity index (χ0v) is 12.5. The zero-order valence-electron chi connectivity index (χ0n) is 11.7. The van der Waals surface area contributed by atoms with E-state index in [0.29, 0.717) is 23.7 Å². The van der Waals surface area contributed by atoms with E-state index in [0.717, 1.165) is 18.4 Å². The van der Waals surface area contributed by atoms with Gasteiger partial charge in [0.25, 0.3) is 0 Å². The molecule has 19 heavy (non-hydrogen) atoms. The molecule has 1 rings (SSSR count). The maximum Gasteiger partial charge on any atom is 0.342 e. The molecular weight excluding hydrogens is 268 g/mol. The number of carbonyl (C=O) groups is 1. The number of benzene rings is 1. The molecule has 1 aromatic rings. The summed E-state index contributed by atoms with van der Waals surface area (Å²) >= 11 is 6.17. The van der Waals surface area contributed by atoms with Gasteiger partial charge in [0.2, 0.25) is 0 Å². The molecule has 106 valence electrons. The molecular formula is C14H19ClO4. The van der Waals surface area contributed by atoms with Crippen molar-refractivity contribution in [2.45, 2.75) is 26.7 Å². The molecule has 0 bridgehead atoms. The van der Waals surface area contributed by atoms with Crippen LogP contribution >= 0.6 is 11.6 Å². The van der Waals surface area contributed by atoms with Crippen molar-refractivity contribution in [3.05, 3.63) is 22.2 Å². The Morgan fingerprint density at radius 2 is 1.95 bits per heavy atom. The van der Waals surface area contributed by atoms with E-state index < -0.39 is 5.97 Å². The van der Waals surface area contributed by atoms with E-state index >= 15 is 0 Å². The first-order chi connectivity index (χ1) is 9.10. The van der Waals surface area contributed by atoms with Gasteiger partial charge in [-0.2, -0.15) is 0 Å². The van der Waals surface area contributed by atoms with Crippen LogP contribution in [-0.4, -0.2) is 26.8 Å². The first kappa shape index (κ1) is 15.6. The zero-order chi connectivity index (χ0) is 14.4. The summed E-state index contributed by atoms with van der Waals surface area (Å²) in [6.45, 7) is 4.09. The minimum Gasteiger partial charge on any atom is -0.495 e. The van der Waals surface area contributed by atoms with Gasteiger partial charge in [-0.05, 0) is 25.0 Å². The lowest BCUT2D eigenvalue weighted by molar-refractivity contribution is 0.0521. The van der Waals surface area contributed by atoms with Crippen LogP contribution in [0, 0.1) is 0 Å². The second-order valence-corrected chi connectivity index (χ2v) is 4.31. The van der Waals surface area contributed by atoms with Gasteiger partial charge < -0.3 is 14.2 Å². The molecule has 0 saturated heterocycles. The highest BCUT2D eigenvalue weighted by molar-refractivity contribution is 6.34. The predicted octanol–water partition coefficient (Wildman–Crippen LogP) is 3.49. The van der Waals surface area contributed by atoms with E-state index in [1.807, 2.05) is 6.92 Å². The van der Waals surface area contributed by atoms with E-state index in [1.165, 1.54) is 14.2 Å². The topological polar surface area (TPSA) is 44.8 Å². The largest absolute Gasteiger partial charge is 0.495 e. The van der Waals surface area contributed by atoms with Crippen molar-refractivity contribution in [1.29, 1.82) is 0 Å². The van der Waals surface area contributed by atoms with Crippen molar-refractivity contribution in [2.24, 2.45) is 0 Å². The second-order valence-electron chi connectivity index (χ2n) is 3.93. The molecule has 0 saturated carbocycles. The van der Waals surface area contributed by atoms with Crippen molar-refractivity contribution in [1.82, 2.24) is 0 Å². The third-order valence-corrected chi connectivity index (χ3v) is 3.05. The van der Waals surface area contributed by atoms with Crippen LogP contribution < -0.4 is 9.47 Å². The monoisotopic (exact) mass is 286 g/mol. The Bertz CT molecular complexity index is 457. The molecule has 0 amide bonds. The predicted molar refractivity (Wildman–Crippen MR) is 74.5 cm³/mol. The van der Waals surface area contributed by atoms with E-state index in [4.69, 9.17) is 25.8 Å². The first-order valence-corrected chi connectivity index (χ1v) is 6.58. The Morgan fingerprint density at radius 1 is 1.26 bits per heavy atom. The van der Waals surface area contributed by atoms with E-state index in [2.05, 4.69) is 0 Å². The summed E-state index contributed by atoms with van der Waals surface area (Å²) in [7, 11) is 3.00. The molecule has 5 heteroatoms. The van der Waals surface area contributed by atoms with Gasteiger partial charge in [-0.3, -0.25) is 0 Å². The number of esters is 1. The summed E-state index contributed by atoms with van der Waals surface area (Å²) in [5.41, 5.74) is 1.20. The van der Waals surface area contributed by atoms with Gasteiger partial charge in [0.05, 0.1) is 20.8 Å². The van der Waals surface area contributed by atoms with Gasteiger partial charge in [-0.25, -0.2) is 4.79 Å². The molecule has 0 radical (unpaired) electrons. The van der Waals surface area contributed by atoms with Gasteiger partial charge in [-0.15, -0.1) is 0 Å². The van der Waals surface area contributed by atoms with E-state index in [1.54, 1.807) is 13.0 Å². The number of methoxy groups -OCH3 is 2. The SMILES string of the molecule is CCCc1cc(OC)c(Cl)c(OC)c1C(=O)OCC. The molecule has 0 unspecified atom stereocenters. The summed E-state index contributed by atoms with van der Waals surface area (Å²) in [6, 6.07) is 1.76. The average molecular weight is 287 g/mol. The van der Waals surface area contributed by atoms with Gasteiger partial charge >= 0.3 is 5.97 Å². The van der Waals surface area contributed by atoms with Crippen molar-refractivity contribution in [2.75, 3.05) is 20.8 Å². The molecule has 0 fully saturated rings. The fourth-order valence-electron chi connectivity index (χ4n) is 1.90. The minimum absolute atomic E-state index is 0.285. The number of halogens is 1. The van der Waals surface area contributed by atoms with Crippen LogP contribution in [0.3, 0.4) is 0 Å². The van der Waals surface area contributed by atoms with Crippen LogP contribution in [0.5, 0.6) is 11.5 Å². The Morgan fingerprint density at radius 3 is 2.42 bits per heavy atom. The van der Waals surface area contributed by atoms with Crippen molar-refractivity contribution >= 4 is 17.6 Å². The molecule has 0 aliphatic heterocycles. The number of rotatable bonds is 6. The molecule has 0 aliphatic carbocycles. The Labute approximate surface area is 118 Å². The third kappa shape index (κ3) is 3.32. The van der Waals surface area contributed by atoms with Gasteiger partial charge in [-0.1, -0.05) is 24.9 Å². The maximum atomic E-state index is 12.1. The highest BCUT2D eigenvalue weighted by Crippen LogP contribution is 2.40. The van der Waals surface area contributed by atoms with Crippen molar-refractivity contribution in [3.8, 4) is 11.5 Å². The van der Waals surface area contributed by atoms with Crippen molar-refractivity contribution < 1.29 is 19.0 Å². The number of ether oxygens (including phenoxy) is 3. The molecule has 0 spiro atoms. The summed E-state index contributed by atoms with van der Waals surface area (Å²) in [5.74, 6) is 0.380. The molecule has 0 aromatic heterocycles. The summed E-state index contributed by atoms with van der Waals surface area (Å²) < 4.78 is 15.5. The van der Waals surface area contributed by atoms with Crippen LogP contribution in [0.2, 0.25) is 5.02 Å². The van der Waals surface area contributed by atoms with Crippen LogP contribution in [0.4, 0.5) is 0 Å². The summed E-state index contributed by atoms with van der Waals surface area (Å²) in [4.78, 5) is 12.1. The molecule has 0 atom stereocenters. The van der Waals surface area contributed by atoms with E-state index in [9.17, 15) is 4.79 Å². The Kier molecular flexibility index (Phi) is 5.96. The molecule has 0 heterocycles. The smallest absolute Gasteiger partial charge is 0.342 e. The highest BCUT2D eigenvalue weighted by Gasteiger charge is 2.24. The lowest BCUT2D eigenvalue weighted by atomic mass is 10.0. The lowest BCUT2D eigenvalue weighted by Gasteiger charge is -2.16. The standard InChI is InChI=1S/C14H19ClO4/c1-5-7-9-8-10(17-3)12(15)13(18-4)11(9)14(16)19-6-2/h8H,5-7H2,1-4H3. The first-order valence-electron chi connectivity index (χ1n) is 6.21. The van der Waals surface area contributed by atoms with Gasteiger partial charge in [0.1, 0.15) is 16.3 Å². The lowest BCUT2D eigenvalue weighted by Crippen LogP contribution is -2.11. The molecule has 0 N–H and O–H groups in total. The Balaban J connectivity index is 3.45. The van der Waals surface area contributed by atoms with Crippen molar-refractivity contribution in [3.63, 3.8) is 0 Å². The summed E-state index contributed by atoms with van der Waals surface area (Å²) in [6.07, 6.45) is 1.61. The maximum absolute atomic E-state index is 12.1. The average Bonchev–Trinajstić information content (AvgIpc) is 2.40. The third-order valence-electron chi connectivity index (χ3n) is 2.69. The number of aryl methyl sites for hydroxylation is 1. The normalized spacial score (nSPS) is 10.2. The number of hydrogen-bond acceptors (Lipinski definition) is 4. The van der Waals surface area contributed by atoms with Gasteiger partial charge in [0, 0.05) is 0 Å². The van der Waals surface area contributed by atoms with Crippen LogP contribution in [0.15, 0.2) is 6.07 Å². The number of hydrogen-bond donors (Lipinski definition) is 0. The highest BCUT2D eigenvalue weighted by atomic mass is 35.5. The van der Waals surface area contributed by atoms with Crippen LogP contribution in [-0.2, 0) is 11.2 Å². The van der Waals surface area contributed by atoms with Gasteiger partial charge in [0.15, 0.2) is 5.75 Å². The fourth-order valence-corrected chi connectivity index (χ4v) is 2.20.